The number of anilines is 1. The maximum absolute atomic E-state index is 12.9. The highest BCUT2D eigenvalue weighted by atomic mass is 19.1. The molecule has 0 radical (unpaired) electrons. The average Bonchev–Trinajstić information content (AvgIpc) is 2.65. The third kappa shape index (κ3) is 3.92. The van der Waals surface area contributed by atoms with Crippen LogP contribution in [0.5, 0.6) is 0 Å². The van der Waals surface area contributed by atoms with Gasteiger partial charge in [-0.25, -0.2) is 4.39 Å². The fourth-order valence-electron chi connectivity index (χ4n) is 2.31. The number of nitrogens with zero attached hydrogens (tertiary/aromatic N) is 1. The molecule has 1 aliphatic rings. The van der Waals surface area contributed by atoms with E-state index in [9.17, 15) is 9.18 Å². The molecule has 104 valence electrons. The summed E-state index contributed by atoms with van der Waals surface area (Å²) in [6.45, 7) is 2.50. The number of ether oxygens (including phenoxy) is 1. The van der Waals surface area contributed by atoms with Gasteiger partial charge in [0.2, 0.25) is 0 Å². The quantitative estimate of drug-likeness (QED) is 0.843. The Morgan fingerprint density at radius 2 is 2.21 bits per heavy atom. The smallest absolute Gasteiger partial charge is 0.307 e. The average molecular weight is 266 g/mol. The Kier molecular flexibility index (Phi) is 4.74. The molecule has 2 rings (SSSR count). The Morgan fingerprint density at radius 3 is 2.89 bits per heavy atom. The zero-order valence-electron chi connectivity index (χ0n) is 11.1. The van der Waals surface area contributed by atoms with Crippen LogP contribution in [0.2, 0.25) is 0 Å². The largest absolute Gasteiger partial charge is 0.469 e. The summed E-state index contributed by atoms with van der Waals surface area (Å²) < 4.78 is 17.6. The Bertz CT molecular complexity index is 422. The van der Waals surface area contributed by atoms with Crippen LogP contribution in [-0.2, 0) is 9.53 Å². The number of benzene rings is 1. The predicted molar refractivity (Wildman–Crippen MR) is 71.7 cm³/mol. The normalized spacial score (nSPS) is 19.9. The number of hydrogen-bond acceptors (Lipinski definition) is 4. The van der Waals surface area contributed by atoms with E-state index < -0.39 is 0 Å². The molecule has 1 atom stereocenters. The van der Waals surface area contributed by atoms with Crippen LogP contribution >= 0.6 is 0 Å². The van der Waals surface area contributed by atoms with Gasteiger partial charge in [-0.2, -0.15) is 0 Å². The number of methoxy groups -OCH3 is 1. The van der Waals surface area contributed by atoms with Gasteiger partial charge < -0.3 is 15.0 Å². The highest BCUT2D eigenvalue weighted by Crippen LogP contribution is 2.17. The Hall–Kier alpha value is -1.62. The van der Waals surface area contributed by atoms with Gasteiger partial charge in [-0.05, 0) is 37.2 Å². The molecule has 0 aromatic heterocycles. The van der Waals surface area contributed by atoms with Crippen LogP contribution in [0, 0.1) is 5.82 Å². The van der Waals surface area contributed by atoms with Gasteiger partial charge in [0.25, 0.3) is 0 Å². The van der Waals surface area contributed by atoms with Crippen molar-refractivity contribution in [3.63, 3.8) is 0 Å². The number of nitrogens with one attached hydrogen (secondary N) is 1. The molecule has 0 saturated carbocycles. The van der Waals surface area contributed by atoms with Crippen molar-refractivity contribution in [1.82, 2.24) is 5.32 Å². The lowest BCUT2D eigenvalue weighted by Gasteiger charge is -2.26. The molecule has 4 nitrogen and oxygen atoms in total. The summed E-state index contributed by atoms with van der Waals surface area (Å²) in [4.78, 5) is 13.5. The van der Waals surface area contributed by atoms with Crippen LogP contribution in [0.1, 0.15) is 12.8 Å². The SMILES string of the molecule is COC(=O)CC1CN(c2ccc(F)cc2)CCCN1. The molecule has 0 spiro atoms. The molecule has 0 aliphatic carbocycles. The number of carbonyl (C=O) groups excluding carboxylic acids is 1. The van der Waals surface area contributed by atoms with Crippen LogP contribution in [-0.4, -0.2) is 38.8 Å². The van der Waals surface area contributed by atoms with Crippen molar-refractivity contribution in [2.45, 2.75) is 18.9 Å². The van der Waals surface area contributed by atoms with E-state index in [1.54, 1.807) is 12.1 Å². The molecule has 1 heterocycles. The van der Waals surface area contributed by atoms with E-state index in [0.29, 0.717) is 6.42 Å². The molecular formula is C14H19FN2O2. The van der Waals surface area contributed by atoms with E-state index in [-0.39, 0.29) is 17.8 Å². The van der Waals surface area contributed by atoms with Crippen molar-refractivity contribution in [2.24, 2.45) is 0 Å². The standard InChI is InChI=1S/C14H19FN2O2/c1-19-14(18)9-12-10-17(8-2-7-16-12)13-5-3-11(15)4-6-13/h3-6,12,16H,2,7-10H2,1H3. The van der Waals surface area contributed by atoms with Gasteiger partial charge in [-0.3, -0.25) is 4.79 Å². The van der Waals surface area contributed by atoms with E-state index in [4.69, 9.17) is 4.74 Å². The summed E-state index contributed by atoms with van der Waals surface area (Å²) in [7, 11) is 1.40. The van der Waals surface area contributed by atoms with Gasteiger partial charge in [0.15, 0.2) is 0 Å². The first-order chi connectivity index (χ1) is 9.19. The number of carbonyl (C=O) groups is 1. The van der Waals surface area contributed by atoms with Crippen LogP contribution < -0.4 is 10.2 Å². The first kappa shape index (κ1) is 13.8. The van der Waals surface area contributed by atoms with Gasteiger partial charge in [0.1, 0.15) is 5.82 Å². The molecule has 1 aromatic carbocycles. The molecule has 1 unspecified atom stereocenters. The maximum Gasteiger partial charge on any atom is 0.307 e. The van der Waals surface area contributed by atoms with E-state index >= 15 is 0 Å². The first-order valence-corrected chi connectivity index (χ1v) is 6.50. The molecule has 1 N–H and O–H groups in total. The lowest BCUT2D eigenvalue weighted by molar-refractivity contribution is -0.141. The highest BCUT2D eigenvalue weighted by molar-refractivity contribution is 5.70. The maximum atomic E-state index is 12.9. The van der Waals surface area contributed by atoms with Crippen LogP contribution in [0.15, 0.2) is 24.3 Å². The summed E-state index contributed by atoms with van der Waals surface area (Å²) in [5.74, 6) is -0.443. The zero-order valence-corrected chi connectivity index (χ0v) is 11.1. The van der Waals surface area contributed by atoms with Crippen molar-refractivity contribution in [1.29, 1.82) is 0 Å². The highest BCUT2D eigenvalue weighted by Gasteiger charge is 2.20. The lowest BCUT2D eigenvalue weighted by atomic mass is 10.2. The minimum absolute atomic E-state index is 0.0694. The minimum Gasteiger partial charge on any atom is -0.469 e. The lowest BCUT2D eigenvalue weighted by Crippen LogP contribution is -2.39. The van der Waals surface area contributed by atoms with Crippen LogP contribution in [0.4, 0.5) is 10.1 Å². The summed E-state index contributed by atoms with van der Waals surface area (Å²) in [5.41, 5.74) is 0.986. The van der Waals surface area contributed by atoms with E-state index in [1.807, 2.05) is 0 Å². The fourth-order valence-corrected chi connectivity index (χ4v) is 2.31. The summed E-state index contributed by atoms with van der Waals surface area (Å²) in [6.07, 6.45) is 1.35. The number of rotatable bonds is 3. The Balaban J connectivity index is 2.03. The van der Waals surface area contributed by atoms with Gasteiger partial charge in [0.05, 0.1) is 13.5 Å². The van der Waals surface area contributed by atoms with Gasteiger partial charge in [-0.15, -0.1) is 0 Å². The summed E-state index contributed by atoms with van der Waals surface area (Å²) in [6, 6.07) is 6.54. The molecular weight excluding hydrogens is 247 g/mol. The molecule has 1 fully saturated rings. The van der Waals surface area contributed by atoms with E-state index in [0.717, 1.165) is 31.7 Å². The van der Waals surface area contributed by atoms with Crippen molar-refractivity contribution in [2.75, 3.05) is 31.6 Å². The summed E-state index contributed by atoms with van der Waals surface area (Å²) >= 11 is 0. The molecule has 1 aliphatic heterocycles. The number of esters is 1. The Labute approximate surface area is 112 Å². The second kappa shape index (κ2) is 6.52. The van der Waals surface area contributed by atoms with Crippen LogP contribution in [0.25, 0.3) is 0 Å². The van der Waals surface area contributed by atoms with Crippen LogP contribution in [0.3, 0.4) is 0 Å². The van der Waals surface area contributed by atoms with Gasteiger partial charge >= 0.3 is 5.97 Å². The van der Waals surface area contributed by atoms with Crippen molar-refractivity contribution < 1.29 is 13.9 Å². The van der Waals surface area contributed by atoms with E-state index in [1.165, 1.54) is 19.2 Å². The fraction of sp³-hybridized carbons (Fsp3) is 0.500. The second-order valence-electron chi connectivity index (χ2n) is 4.71. The third-order valence-electron chi connectivity index (χ3n) is 3.31. The van der Waals surface area contributed by atoms with E-state index in [2.05, 4.69) is 10.2 Å². The molecule has 0 amide bonds. The molecule has 0 bridgehead atoms. The molecule has 1 saturated heterocycles. The van der Waals surface area contributed by atoms with Crippen molar-refractivity contribution in [3.8, 4) is 0 Å². The van der Waals surface area contributed by atoms with Gasteiger partial charge in [0, 0.05) is 24.8 Å². The zero-order chi connectivity index (χ0) is 13.7. The third-order valence-corrected chi connectivity index (χ3v) is 3.31. The van der Waals surface area contributed by atoms with Crippen molar-refractivity contribution in [3.05, 3.63) is 30.1 Å². The van der Waals surface area contributed by atoms with Gasteiger partial charge in [-0.1, -0.05) is 0 Å². The van der Waals surface area contributed by atoms with Crippen molar-refractivity contribution >= 4 is 11.7 Å². The first-order valence-electron chi connectivity index (χ1n) is 6.50. The minimum atomic E-state index is -0.234. The Morgan fingerprint density at radius 1 is 1.47 bits per heavy atom. The monoisotopic (exact) mass is 266 g/mol. The number of hydrogen-bond donors (Lipinski definition) is 1. The molecule has 5 heteroatoms. The molecule has 19 heavy (non-hydrogen) atoms. The predicted octanol–water partition coefficient (Wildman–Crippen LogP) is 1.56. The number of halogens is 1. The molecule has 1 aromatic rings. The topological polar surface area (TPSA) is 41.6 Å². The summed E-state index contributed by atoms with van der Waals surface area (Å²) in [5, 5.41) is 3.34. The second-order valence-corrected chi connectivity index (χ2v) is 4.71.